The van der Waals surface area contributed by atoms with E-state index in [1.165, 1.54) is 25.7 Å². The van der Waals surface area contributed by atoms with Crippen molar-refractivity contribution in [3.05, 3.63) is 0 Å². The van der Waals surface area contributed by atoms with Crippen LogP contribution in [0.1, 0.15) is 58.3 Å². The van der Waals surface area contributed by atoms with Crippen molar-refractivity contribution in [3.8, 4) is 0 Å². The lowest BCUT2D eigenvalue weighted by atomic mass is 9.82. The Labute approximate surface area is 107 Å². The van der Waals surface area contributed by atoms with Gasteiger partial charge in [0.15, 0.2) is 0 Å². The van der Waals surface area contributed by atoms with E-state index in [0.717, 1.165) is 25.7 Å². The van der Waals surface area contributed by atoms with Crippen LogP contribution in [-0.2, 0) is 4.79 Å². The lowest BCUT2D eigenvalue weighted by molar-refractivity contribution is -0.131. The molecule has 2 saturated carbocycles. The van der Waals surface area contributed by atoms with E-state index in [4.69, 9.17) is 0 Å². The van der Waals surface area contributed by atoms with Crippen molar-refractivity contribution in [2.24, 2.45) is 5.41 Å². The minimum absolute atomic E-state index is 0.0324. The molecule has 2 aliphatic carbocycles. The summed E-state index contributed by atoms with van der Waals surface area (Å²) in [7, 11) is 0. The number of amides is 1. The fraction of sp³-hybridized carbons (Fsp3) is 0.923. The maximum atomic E-state index is 12.4. The number of carbonyl (C=O) groups is 1. The predicted octanol–water partition coefficient (Wildman–Crippen LogP) is 3.39. The smallest absolute Gasteiger partial charge is 0.226 e. The molecule has 0 bridgehead atoms. The summed E-state index contributed by atoms with van der Waals surface area (Å²) < 4.78 is 0. The monoisotopic (exact) mass is 287 g/mol. The zero-order valence-electron chi connectivity index (χ0n) is 10.1. The van der Waals surface area contributed by atoms with Gasteiger partial charge < -0.3 is 5.32 Å². The van der Waals surface area contributed by atoms with E-state index in [2.05, 4.69) is 28.2 Å². The number of nitrogens with one attached hydrogen (secondary N) is 1. The van der Waals surface area contributed by atoms with Gasteiger partial charge in [-0.3, -0.25) is 4.79 Å². The molecular weight excluding hydrogens is 266 g/mol. The third kappa shape index (κ3) is 2.29. The highest BCUT2D eigenvalue weighted by molar-refractivity contribution is 9.09. The van der Waals surface area contributed by atoms with Crippen molar-refractivity contribution in [2.75, 3.05) is 0 Å². The summed E-state index contributed by atoms with van der Waals surface area (Å²) in [6.07, 6.45) is 9.21. The zero-order valence-corrected chi connectivity index (χ0v) is 11.7. The first-order valence-corrected chi connectivity index (χ1v) is 7.54. The van der Waals surface area contributed by atoms with Gasteiger partial charge in [-0.05, 0) is 32.1 Å². The molecule has 2 rings (SSSR count). The fourth-order valence-corrected chi connectivity index (χ4v) is 3.91. The van der Waals surface area contributed by atoms with E-state index in [9.17, 15) is 4.79 Å². The van der Waals surface area contributed by atoms with Crippen LogP contribution in [0.4, 0.5) is 0 Å². The second kappa shape index (κ2) is 5.07. The van der Waals surface area contributed by atoms with E-state index in [1.54, 1.807) is 0 Å². The molecule has 2 atom stereocenters. The number of halogens is 1. The quantitative estimate of drug-likeness (QED) is 0.792. The summed E-state index contributed by atoms with van der Waals surface area (Å²) in [4.78, 5) is 12.9. The fourth-order valence-electron chi connectivity index (χ4n) is 3.19. The van der Waals surface area contributed by atoms with E-state index in [-0.39, 0.29) is 5.41 Å². The van der Waals surface area contributed by atoms with Gasteiger partial charge in [0.25, 0.3) is 0 Å². The van der Waals surface area contributed by atoms with Gasteiger partial charge in [0.05, 0.1) is 0 Å². The maximum absolute atomic E-state index is 12.4. The Balaban J connectivity index is 1.96. The molecule has 0 saturated heterocycles. The number of alkyl halides is 1. The average molecular weight is 288 g/mol. The van der Waals surface area contributed by atoms with Crippen molar-refractivity contribution in [2.45, 2.75) is 69.2 Å². The van der Waals surface area contributed by atoms with Gasteiger partial charge >= 0.3 is 0 Å². The maximum Gasteiger partial charge on any atom is 0.226 e. The number of hydrogen-bond donors (Lipinski definition) is 1. The Morgan fingerprint density at radius 3 is 2.50 bits per heavy atom. The molecule has 1 amide bonds. The van der Waals surface area contributed by atoms with Gasteiger partial charge in [0.1, 0.15) is 0 Å². The normalized spacial score (nSPS) is 32.9. The predicted molar refractivity (Wildman–Crippen MR) is 69.7 cm³/mol. The van der Waals surface area contributed by atoms with Gasteiger partial charge in [-0.2, -0.15) is 0 Å². The molecule has 0 aromatic carbocycles. The van der Waals surface area contributed by atoms with Crippen molar-refractivity contribution >= 4 is 21.8 Å². The molecule has 0 spiro atoms. The minimum atomic E-state index is -0.0324. The topological polar surface area (TPSA) is 29.1 Å². The summed E-state index contributed by atoms with van der Waals surface area (Å²) in [6, 6.07) is 0.372. The molecule has 16 heavy (non-hydrogen) atoms. The minimum Gasteiger partial charge on any atom is -0.352 e. The van der Waals surface area contributed by atoms with Gasteiger partial charge in [0, 0.05) is 16.3 Å². The molecule has 1 N–H and O–H groups in total. The lowest BCUT2D eigenvalue weighted by Gasteiger charge is -2.29. The van der Waals surface area contributed by atoms with Crippen LogP contribution in [0.2, 0.25) is 0 Å². The van der Waals surface area contributed by atoms with Crippen LogP contribution in [0.3, 0.4) is 0 Å². The number of carbonyl (C=O) groups excluding carboxylic acids is 1. The first-order chi connectivity index (χ1) is 7.68. The average Bonchev–Trinajstić information content (AvgIpc) is 2.89. The zero-order chi connectivity index (χ0) is 11.6. The molecule has 0 heterocycles. The van der Waals surface area contributed by atoms with Crippen LogP contribution in [0, 0.1) is 5.41 Å². The van der Waals surface area contributed by atoms with Crippen LogP contribution >= 0.6 is 15.9 Å². The molecule has 0 aliphatic heterocycles. The highest BCUT2D eigenvalue weighted by Crippen LogP contribution is 2.41. The molecule has 2 aliphatic rings. The summed E-state index contributed by atoms with van der Waals surface area (Å²) in [5, 5.41) is 3.28. The van der Waals surface area contributed by atoms with Gasteiger partial charge in [0.2, 0.25) is 5.91 Å². The molecule has 0 radical (unpaired) electrons. The highest BCUT2D eigenvalue weighted by atomic mass is 79.9. The molecule has 0 aromatic heterocycles. The van der Waals surface area contributed by atoms with Crippen LogP contribution < -0.4 is 5.32 Å². The molecule has 3 heteroatoms. The summed E-state index contributed by atoms with van der Waals surface area (Å²) >= 11 is 3.67. The summed E-state index contributed by atoms with van der Waals surface area (Å²) in [6.45, 7) is 2.16. The first-order valence-electron chi connectivity index (χ1n) is 6.63. The summed E-state index contributed by atoms with van der Waals surface area (Å²) in [5.41, 5.74) is -0.0324. The standard InChI is InChI=1S/C13H22BrNO/c1-2-13(8-3-4-9-13)12(16)15-11-7-5-6-10(11)14/h10-11H,2-9H2,1H3,(H,15,16). The molecular formula is C13H22BrNO. The Morgan fingerprint density at radius 2 is 2.00 bits per heavy atom. The first kappa shape index (κ1) is 12.4. The van der Waals surface area contributed by atoms with Crippen LogP contribution in [0.15, 0.2) is 0 Å². The molecule has 0 aromatic rings. The SMILES string of the molecule is CCC1(C(=O)NC2CCCC2Br)CCCC1. The van der Waals surface area contributed by atoms with E-state index in [0.29, 0.717) is 16.8 Å². The third-order valence-corrected chi connectivity index (χ3v) is 5.56. The Kier molecular flexibility index (Phi) is 3.93. The van der Waals surface area contributed by atoms with Crippen LogP contribution in [0.5, 0.6) is 0 Å². The largest absolute Gasteiger partial charge is 0.352 e. The molecule has 2 unspecified atom stereocenters. The van der Waals surface area contributed by atoms with Crippen molar-refractivity contribution in [3.63, 3.8) is 0 Å². The Morgan fingerprint density at radius 1 is 1.31 bits per heavy atom. The van der Waals surface area contributed by atoms with Crippen LogP contribution in [0.25, 0.3) is 0 Å². The lowest BCUT2D eigenvalue weighted by Crippen LogP contribution is -2.45. The summed E-state index contributed by atoms with van der Waals surface area (Å²) in [5.74, 6) is 0.323. The molecule has 2 fully saturated rings. The van der Waals surface area contributed by atoms with Crippen LogP contribution in [-0.4, -0.2) is 16.8 Å². The van der Waals surface area contributed by atoms with Crippen molar-refractivity contribution in [1.29, 1.82) is 0 Å². The van der Waals surface area contributed by atoms with Gasteiger partial charge in [-0.25, -0.2) is 0 Å². The Bertz CT molecular complexity index is 261. The van der Waals surface area contributed by atoms with Gasteiger partial charge in [-0.15, -0.1) is 0 Å². The molecule has 2 nitrogen and oxygen atoms in total. The highest BCUT2D eigenvalue weighted by Gasteiger charge is 2.41. The number of rotatable bonds is 3. The van der Waals surface area contributed by atoms with E-state index < -0.39 is 0 Å². The third-order valence-electron chi connectivity index (χ3n) is 4.47. The Hall–Kier alpha value is -0.0500. The number of hydrogen-bond acceptors (Lipinski definition) is 1. The second-order valence-corrected chi connectivity index (χ2v) is 6.54. The molecule has 92 valence electrons. The van der Waals surface area contributed by atoms with Gasteiger partial charge in [-0.1, -0.05) is 42.1 Å². The van der Waals surface area contributed by atoms with Crippen molar-refractivity contribution < 1.29 is 4.79 Å². The van der Waals surface area contributed by atoms with E-state index >= 15 is 0 Å². The second-order valence-electron chi connectivity index (χ2n) is 5.37. The van der Waals surface area contributed by atoms with Crippen molar-refractivity contribution in [1.82, 2.24) is 5.32 Å². The van der Waals surface area contributed by atoms with E-state index in [1.807, 2.05) is 0 Å².